The molecule has 2 heterocycles. The number of carbonyl (C=O) groups is 1. The molecule has 2 aliphatic rings. The second kappa shape index (κ2) is 7.13. The molecule has 2 aromatic rings. The topological polar surface area (TPSA) is 48.6 Å². The van der Waals surface area contributed by atoms with Crippen LogP contribution in [0.2, 0.25) is 0 Å². The van der Waals surface area contributed by atoms with Crippen molar-refractivity contribution in [2.75, 3.05) is 20.2 Å². The summed E-state index contributed by atoms with van der Waals surface area (Å²) in [6.07, 6.45) is 6.21. The van der Waals surface area contributed by atoms with Crippen molar-refractivity contribution >= 4 is 22.4 Å². The number of carbonyl (C=O) groups excluding carboxylic acids is 1. The van der Waals surface area contributed by atoms with Gasteiger partial charge >= 0.3 is 0 Å². The van der Waals surface area contributed by atoms with E-state index < -0.39 is 0 Å². The molecule has 144 valence electrons. The minimum Gasteiger partial charge on any atom is -0.361 e. The number of hydrogen-bond acceptors (Lipinski definition) is 3. The Kier molecular flexibility index (Phi) is 4.82. The van der Waals surface area contributed by atoms with Crippen LogP contribution >= 0.6 is 0 Å². The van der Waals surface area contributed by atoms with Crippen LogP contribution in [0.4, 0.5) is 0 Å². The van der Waals surface area contributed by atoms with Crippen molar-refractivity contribution in [3.05, 3.63) is 41.6 Å². The highest BCUT2D eigenvalue weighted by atomic mass is 16.7. The number of hydroxylamine groups is 2. The van der Waals surface area contributed by atoms with Crippen molar-refractivity contribution in [2.45, 2.75) is 45.7 Å². The summed E-state index contributed by atoms with van der Waals surface area (Å²) in [5.74, 6) is -0.125. The molecule has 5 heteroatoms. The van der Waals surface area contributed by atoms with Crippen molar-refractivity contribution < 1.29 is 9.63 Å². The smallest absolute Gasteiger partial charge is 0.254 e. The highest BCUT2D eigenvalue weighted by Gasteiger charge is 2.37. The number of fused-ring (bicyclic) bond motifs is 2. The Balaban J connectivity index is 1.71. The first-order valence-corrected chi connectivity index (χ1v) is 9.98. The molecule has 2 unspecified atom stereocenters. The summed E-state index contributed by atoms with van der Waals surface area (Å²) in [6, 6.07) is 6.75. The summed E-state index contributed by atoms with van der Waals surface area (Å²) in [5, 5.41) is 2.88. The van der Waals surface area contributed by atoms with Gasteiger partial charge in [-0.3, -0.25) is 14.5 Å². The van der Waals surface area contributed by atoms with Crippen molar-refractivity contribution in [3.63, 3.8) is 0 Å². The molecule has 0 fully saturated rings. The largest absolute Gasteiger partial charge is 0.361 e. The Morgan fingerprint density at radius 2 is 2.22 bits per heavy atom. The molecule has 0 saturated heterocycles. The Bertz CT molecular complexity index is 883. The second-order valence-corrected chi connectivity index (χ2v) is 8.02. The molecule has 1 aromatic carbocycles. The Morgan fingerprint density at radius 3 is 2.96 bits per heavy atom. The number of nitrogens with one attached hydrogen (secondary N) is 1. The van der Waals surface area contributed by atoms with Crippen LogP contribution < -0.4 is 0 Å². The van der Waals surface area contributed by atoms with E-state index in [0.29, 0.717) is 12.6 Å². The van der Waals surface area contributed by atoms with E-state index in [4.69, 9.17) is 4.84 Å². The van der Waals surface area contributed by atoms with Crippen LogP contribution in [0.15, 0.2) is 30.5 Å². The zero-order chi connectivity index (χ0) is 19.1. The fourth-order valence-electron chi connectivity index (χ4n) is 4.43. The maximum Gasteiger partial charge on any atom is 0.254 e. The van der Waals surface area contributed by atoms with Crippen LogP contribution in [-0.2, 0) is 16.1 Å². The van der Waals surface area contributed by atoms with Gasteiger partial charge in [-0.1, -0.05) is 25.1 Å². The van der Waals surface area contributed by atoms with Crippen molar-refractivity contribution in [1.29, 1.82) is 0 Å². The molecular weight excluding hydrogens is 338 g/mol. The first-order valence-electron chi connectivity index (χ1n) is 9.98. The zero-order valence-corrected chi connectivity index (χ0v) is 16.7. The molecule has 1 aliphatic carbocycles. The maximum absolute atomic E-state index is 13.2. The number of benzene rings is 1. The number of likely N-dealkylation sites (N-methyl/N-ethyl adjacent to an activating group) is 1. The minimum absolute atomic E-state index is 0.0246. The van der Waals surface area contributed by atoms with Gasteiger partial charge in [-0.2, -0.15) is 0 Å². The highest BCUT2D eigenvalue weighted by Crippen LogP contribution is 2.41. The monoisotopic (exact) mass is 367 g/mol. The third-order valence-corrected chi connectivity index (χ3v) is 5.71. The van der Waals surface area contributed by atoms with E-state index >= 15 is 0 Å². The maximum atomic E-state index is 13.2. The van der Waals surface area contributed by atoms with Gasteiger partial charge in [0.05, 0.1) is 18.6 Å². The van der Waals surface area contributed by atoms with Crippen LogP contribution in [0.25, 0.3) is 16.5 Å². The van der Waals surface area contributed by atoms with E-state index in [1.54, 1.807) is 5.06 Å². The molecule has 1 aliphatic heterocycles. The summed E-state index contributed by atoms with van der Waals surface area (Å²) in [7, 11) is 2.13. The number of aromatic nitrogens is 1. The van der Waals surface area contributed by atoms with E-state index in [-0.39, 0.29) is 17.9 Å². The lowest BCUT2D eigenvalue weighted by molar-refractivity contribution is -0.200. The number of amides is 1. The summed E-state index contributed by atoms with van der Waals surface area (Å²) >= 11 is 0. The molecule has 27 heavy (non-hydrogen) atoms. The van der Waals surface area contributed by atoms with E-state index in [0.717, 1.165) is 19.4 Å². The predicted octanol–water partition coefficient (Wildman–Crippen LogP) is 3.62. The molecular formula is C22H29N3O2. The quantitative estimate of drug-likeness (QED) is 0.821. The van der Waals surface area contributed by atoms with Crippen LogP contribution in [0.3, 0.4) is 0 Å². The van der Waals surface area contributed by atoms with E-state index in [1.807, 2.05) is 13.8 Å². The van der Waals surface area contributed by atoms with Crippen LogP contribution in [0.5, 0.6) is 0 Å². The molecule has 5 nitrogen and oxygen atoms in total. The third-order valence-electron chi connectivity index (χ3n) is 5.71. The van der Waals surface area contributed by atoms with Crippen molar-refractivity contribution in [1.82, 2.24) is 14.9 Å². The first-order chi connectivity index (χ1) is 13.0. The first kappa shape index (κ1) is 18.3. The Hall–Kier alpha value is -2.11. The Labute approximate surface area is 160 Å². The van der Waals surface area contributed by atoms with Gasteiger partial charge in [-0.25, -0.2) is 5.06 Å². The Morgan fingerprint density at radius 1 is 1.41 bits per heavy atom. The third kappa shape index (κ3) is 3.09. The lowest BCUT2D eigenvalue weighted by atomic mass is 9.79. The SMILES string of the molecule is CCCON(C(=O)C1C=C2c3cccc4[nH]cc(c34)CC2N(C)C1)C(C)C. The van der Waals surface area contributed by atoms with Crippen LogP contribution in [0.1, 0.15) is 38.3 Å². The summed E-state index contributed by atoms with van der Waals surface area (Å²) < 4.78 is 0. The zero-order valence-electron chi connectivity index (χ0n) is 16.7. The van der Waals surface area contributed by atoms with Gasteiger partial charge in [0.25, 0.3) is 5.91 Å². The average Bonchev–Trinajstić information content (AvgIpc) is 3.07. The van der Waals surface area contributed by atoms with E-state index in [1.165, 1.54) is 27.6 Å². The number of hydrogen-bond donors (Lipinski definition) is 1. The van der Waals surface area contributed by atoms with Crippen molar-refractivity contribution in [2.24, 2.45) is 5.92 Å². The highest BCUT2D eigenvalue weighted by molar-refractivity contribution is 5.99. The van der Waals surface area contributed by atoms with Crippen LogP contribution in [-0.4, -0.2) is 53.1 Å². The number of nitrogens with zero attached hydrogens (tertiary/aromatic N) is 2. The summed E-state index contributed by atoms with van der Waals surface area (Å²) in [6.45, 7) is 7.35. The van der Waals surface area contributed by atoms with Gasteiger partial charge in [0.15, 0.2) is 0 Å². The lowest BCUT2D eigenvalue weighted by Gasteiger charge is -2.40. The fourth-order valence-corrected chi connectivity index (χ4v) is 4.43. The molecule has 0 bridgehead atoms. The minimum atomic E-state index is -0.184. The number of H-pyrrole nitrogens is 1. The lowest BCUT2D eigenvalue weighted by Crippen LogP contribution is -2.49. The van der Waals surface area contributed by atoms with Gasteiger partial charge in [0, 0.05) is 29.7 Å². The van der Waals surface area contributed by atoms with Gasteiger partial charge in [-0.05, 0) is 56.5 Å². The second-order valence-electron chi connectivity index (χ2n) is 8.02. The molecule has 1 aromatic heterocycles. The number of rotatable bonds is 5. The standard InChI is InChI=1S/C22H29N3O2/c1-5-9-27-25(14(2)3)22(26)16-10-18-17-7-6-8-19-21(17)15(12-23-19)11-20(18)24(4)13-16/h6-8,10,12,14,16,20,23H,5,9,11,13H2,1-4H3. The molecule has 0 radical (unpaired) electrons. The van der Waals surface area contributed by atoms with E-state index in [9.17, 15) is 4.79 Å². The average molecular weight is 367 g/mol. The molecule has 2 atom stereocenters. The van der Waals surface area contributed by atoms with Crippen LogP contribution in [0, 0.1) is 5.92 Å². The summed E-state index contributed by atoms with van der Waals surface area (Å²) in [5.41, 5.74) is 5.08. The number of aromatic amines is 1. The van der Waals surface area contributed by atoms with Crippen molar-refractivity contribution in [3.8, 4) is 0 Å². The molecule has 0 spiro atoms. The molecule has 4 rings (SSSR count). The predicted molar refractivity (Wildman–Crippen MR) is 108 cm³/mol. The van der Waals surface area contributed by atoms with Gasteiger partial charge in [-0.15, -0.1) is 0 Å². The van der Waals surface area contributed by atoms with E-state index in [2.05, 4.69) is 54.3 Å². The van der Waals surface area contributed by atoms with Gasteiger partial charge in [0.2, 0.25) is 0 Å². The molecule has 0 saturated carbocycles. The summed E-state index contributed by atoms with van der Waals surface area (Å²) in [4.78, 5) is 24.7. The fraction of sp³-hybridized carbons (Fsp3) is 0.500. The normalized spacial score (nSPS) is 22.0. The molecule has 1 N–H and O–H groups in total. The van der Waals surface area contributed by atoms with Gasteiger partial charge < -0.3 is 4.98 Å². The van der Waals surface area contributed by atoms with Gasteiger partial charge in [0.1, 0.15) is 0 Å². The molecule has 1 amide bonds.